The minimum atomic E-state index is 0.626. The normalized spacial score (nSPS) is 16.8. The van der Waals surface area contributed by atoms with Crippen LogP contribution in [-0.2, 0) is 30.7 Å². The lowest BCUT2D eigenvalue weighted by molar-refractivity contribution is 0.0331. The number of pyridine rings is 1. The molecule has 5 rings (SSSR count). The SMILES string of the molecule is CCCOc1ncccc1CNc1nc(CN2CCOCC2)nc2sc3c(c12)CCCC3. The number of nitrogens with zero attached hydrogens (tertiary/aromatic N) is 4. The number of ether oxygens (including phenoxy) is 2. The van der Waals surface area contributed by atoms with E-state index < -0.39 is 0 Å². The van der Waals surface area contributed by atoms with Crippen LogP contribution < -0.4 is 10.1 Å². The zero-order chi connectivity index (χ0) is 21.8. The second-order valence-electron chi connectivity index (χ2n) is 8.44. The Bertz CT molecular complexity index is 1060. The molecule has 3 aromatic rings. The first kappa shape index (κ1) is 21.6. The maximum atomic E-state index is 5.86. The minimum Gasteiger partial charge on any atom is -0.477 e. The molecule has 32 heavy (non-hydrogen) atoms. The van der Waals surface area contributed by atoms with Gasteiger partial charge in [0.05, 0.1) is 31.8 Å². The number of aromatic nitrogens is 3. The van der Waals surface area contributed by atoms with Crippen molar-refractivity contribution in [3.63, 3.8) is 0 Å². The molecule has 8 heteroatoms. The van der Waals surface area contributed by atoms with Gasteiger partial charge in [0.1, 0.15) is 16.5 Å². The Balaban J connectivity index is 1.45. The van der Waals surface area contributed by atoms with Gasteiger partial charge in [0, 0.05) is 36.3 Å². The summed E-state index contributed by atoms with van der Waals surface area (Å²) in [5.74, 6) is 2.53. The second kappa shape index (κ2) is 10.1. The van der Waals surface area contributed by atoms with Gasteiger partial charge in [0.15, 0.2) is 0 Å². The summed E-state index contributed by atoms with van der Waals surface area (Å²) in [4.78, 5) is 19.4. The van der Waals surface area contributed by atoms with Crippen molar-refractivity contribution in [2.45, 2.75) is 52.1 Å². The van der Waals surface area contributed by atoms with Gasteiger partial charge >= 0.3 is 0 Å². The molecule has 7 nitrogen and oxygen atoms in total. The molecule has 1 fully saturated rings. The summed E-state index contributed by atoms with van der Waals surface area (Å²) in [6.07, 6.45) is 7.53. The van der Waals surface area contributed by atoms with E-state index in [0.29, 0.717) is 19.0 Å². The number of hydrogen-bond acceptors (Lipinski definition) is 8. The van der Waals surface area contributed by atoms with Gasteiger partial charge in [-0.1, -0.05) is 13.0 Å². The Labute approximate surface area is 193 Å². The van der Waals surface area contributed by atoms with Gasteiger partial charge in [-0.25, -0.2) is 15.0 Å². The van der Waals surface area contributed by atoms with E-state index >= 15 is 0 Å². The zero-order valence-corrected chi connectivity index (χ0v) is 19.5. The van der Waals surface area contributed by atoms with Gasteiger partial charge in [0.2, 0.25) is 5.88 Å². The van der Waals surface area contributed by atoms with Gasteiger partial charge in [-0.3, -0.25) is 4.90 Å². The van der Waals surface area contributed by atoms with Crippen LogP contribution in [0.4, 0.5) is 5.82 Å². The van der Waals surface area contributed by atoms with Crippen molar-refractivity contribution in [2.24, 2.45) is 0 Å². The van der Waals surface area contributed by atoms with E-state index in [1.54, 1.807) is 6.20 Å². The molecule has 1 N–H and O–H groups in total. The first-order valence-corrected chi connectivity index (χ1v) is 12.6. The maximum Gasteiger partial charge on any atom is 0.218 e. The highest BCUT2D eigenvalue weighted by Gasteiger charge is 2.22. The minimum absolute atomic E-state index is 0.626. The molecule has 0 spiro atoms. The molecule has 1 aliphatic carbocycles. The van der Waals surface area contributed by atoms with E-state index in [0.717, 1.165) is 74.1 Å². The van der Waals surface area contributed by atoms with Crippen molar-refractivity contribution >= 4 is 27.4 Å². The summed E-state index contributed by atoms with van der Waals surface area (Å²) in [7, 11) is 0. The van der Waals surface area contributed by atoms with Gasteiger partial charge in [-0.05, 0) is 43.7 Å². The first-order chi connectivity index (χ1) is 15.8. The predicted molar refractivity (Wildman–Crippen MR) is 128 cm³/mol. The van der Waals surface area contributed by atoms with Crippen LogP contribution in [0.1, 0.15) is 48.0 Å². The third-order valence-electron chi connectivity index (χ3n) is 6.07. The fraction of sp³-hybridized carbons (Fsp3) is 0.542. The highest BCUT2D eigenvalue weighted by molar-refractivity contribution is 7.19. The van der Waals surface area contributed by atoms with Crippen LogP contribution >= 0.6 is 11.3 Å². The van der Waals surface area contributed by atoms with Crippen LogP contribution in [0.2, 0.25) is 0 Å². The molecule has 0 unspecified atom stereocenters. The average Bonchev–Trinajstić information content (AvgIpc) is 3.21. The van der Waals surface area contributed by atoms with E-state index in [2.05, 4.69) is 28.2 Å². The predicted octanol–water partition coefficient (Wildman–Crippen LogP) is 4.20. The summed E-state index contributed by atoms with van der Waals surface area (Å²) >= 11 is 1.85. The lowest BCUT2D eigenvalue weighted by Gasteiger charge is -2.25. The Morgan fingerprint density at radius 1 is 1.19 bits per heavy atom. The molecule has 1 aliphatic heterocycles. The van der Waals surface area contributed by atoms with Gasteiger partial charge in [-0.2, -0.15) is 0 Å². The molecule has 0 radical (unpaired) electrons. The molecule has 0 atom stereocenters. The van der Waals surface area contributed by atoms with E-state index in [-0.39, 0.29) is 0 Å². The van der Waals surface area contributed by atoms with E-state index in [1.165, 1.54) is 28.7 Å². The van der Waals surface area contributed by atoms with Gasteiger partial charge in [0.25, 0.3) is 0 Å². The zero-order valence-electron chi connectivity index (χ0n) is 18.7. The van der Waals surface area contributed by atoms with Crippen molar-refractivity contribution in [1.82, 2.24) is 19.9 Å². The molecule has 4 heterocycles. The van der Waals surface area contributed by atoms with Gasteiger partial charge in [-0.15, -0.1) is 11.3 Å². The number of morpholine rings is 1. The highest BCUT2D eigenvalue weighted by atomic mass is 32.1. The molecule has 2 aliphatic rings. The van der Waals surface area contributed by atoms with Crippen LogP contribution in [0.15, 0.2) is 18.3 Å². The first-order valence-electron chi connectivity index (χ1n) is 11.7. The summed E-state index contributed by atoms with van der Waals surface area (Å²) < 4.78 is 11.4. The number of hydrogen-bond donors (Lipinski definition) is 1. The molecule has 0 amide bonds. The fourth-order valence-electron chi connectivity index (χ4n) is 4.43. The van der Waals surface area contributed by atoms with Crippen molar-refractivity contribution in [1.29, 1.82) is 0 Å². The summed E-state index contributed by atoms with van der Waals surface area (Å²) in [5.41, 5.74) is 2.50. The molecular weight excluding hydrogens is 422 g/mol. The van der Waals surface area contributed by atoms with E-state index in [1.807, 2.05) is 17.4 Å². The molecule has 0 bridgehead atoms. The van der Waals surface area contributed by atoms with Crippen LogP contribution in [0.25, 0.3) is 10.2 Å². The highest BCUT2D eigenvalue weighted by Crippen LogP contribution is 2.39. The molecule has 0 aromatic carbocycles. The number of fused-ring (bicyclic) bond motifs is 3. The van der Waals surface area contributed by atoms with E-state index in [4.69, 9.17) is 19.4 Å². The largest absolute Gasteiger partial charge is 0.477 e. The number of thiophene rings is 1. The van der Waals surface area contributed by atoms with Crippen molar-refractivity contribution in [3.8, 4) is 5.88 Å². The third-order valence-corrected chi connectivity index (χ3v) is 7.25. The topological polar surface area (TPSA) is 72.4 Å². The smallest absolute Gasteiger partial charge is 0.218 e. The Morgan fingerprint density at radius 2 is 2.06 bits per heavy atom. The quantitative estimate of drug-likeness (QED) is 0.548. The van der Waals surface area contributed by atoms with Crippen molar-refractivity contribution in [3.05, 3.63) is 40.2 Å². The monoisotopic (exact) mass is 453 g/mol. The molecule has 170 valence electrons. The molecule has 3 aromatic heterocycles. The Kier molecular flexibility index (Phi) is 6.80. The van der Waals surface area contributed by atoms with Crippen LogP contribution in [0, 0.1) is 0 Å². The summed E-state index contributed by atoms with van der Waals surface area (Å²) in [6.45, 7) is 7.58. The number of nitrogens with one attached hydrogen (secondary N) is 1. The molecule has 1 saturated heterocycles. The lowest BCUT2D eigenvalue weighted by atomic mass is 9.97. The summed E-state index contributed by atoms with van der Waals surface area (Å²) in [6, 6.07) is 4.03. The average molecular weight is 454 g/mol. The fourth-order valence-corrected chi connectivity index (χ4v) is 5.71. The molecule has 0 saturated carbocycles. The van der Waals surface area contributed by atoms with Crippen molar-refractivity contribution < 1.29 is 9.47 Å². The third kappa shape index (κ3) is 4.72. The Morgan fingerprint density at radius 3 is 2.94 bits per heavy atom. The van der Waals surface area contributed by atoms with Gasteiger partial charge < -0.3 is 14.8 Å². The summed E-state index contributed by atoms with van der Waals surface area (Å²) in [5, 5.41) is 4.84. The lowest BCUT2D eigenvalue weighted by Crippen LogP contribution is -2.36. The van der Waals surface area contributed by atoms with Crippen LogP contribution in [0.5, 0.6) is 5.88 Å². The number of aryl methyl sites for hydroxylation is 2. The maximum absolute atomic E-state index is 5.86. The number of anilines is 1. The Hall–Kier alpha value is -2.29. The van der Waals surface area contributed by atoms with Crippen molar-refractivity contribution in [2.75, 3.05) is 38.2 Å². The number of rotatable bonds is 8. The second-order valence-corrected chi connectivity index (χ2v) is 9.52. The molecular formula is C24H31N5O2S. The van der Waals surface area contributed by atoms with Crippen LogP contribution in [-0.4, -0.2) is 52.8 Å². The standard InChI is InChI=1S/C24H31N5O2S/c1-2-12-31-23-17(6-5-9-25-23)15-26-22-21-18-7-3-4-8-19(18)32-24(21)28-20(27-22)16-29-10-13-30-14-11-29/h5-6,9H,2-4,7-8,10-16H2,1H3,(H,26,27,28). The van der Waals surface area contributed by atoms with E-state index in [9.17, 15) is 0 Å². The van der Waals surface area contributed by atoms with Crippen LogP contribution in [0.3, 0.4) is 0 Å².